The van der Waals surface area contributed by atoms with E-state index in [1.807, 2.05) is 11.9 Å². The monoisotopic (exact) mass is 212 g/mol. The largest absolute Gasteiger partial charge is 0.396 e. The molecule has 0 bridgehead atoms. The van der Waals surface area contributed by atoms with Crippen LogP contribution in [0, 0.1) is 0 Å². The molecule has 2 aliphatic rings. The Balaban J connectivity index is 2.09. The lowest BCUT2D eigenvalue weighted by Crippen LogP contribution is -2.46. The van der Waals surface area contributed by atoms with Gasteiger partial charge in [0.15, 0.2) is 0 Å². The molecule has 1 amide bonds. The number of rotatable bonds is 3. The minimum atomic E-state index is -0.0741. The van der Waals surface area contributed by atoms with Crippen LogP contribution < -0.4 is 0 Å². The van der Waals surface area contributed by atoms with Gasteiger partial charge in [-0.25, -0.2) is 0 Å². The highest BCUT2D eigenvalue weighted by molar-refractivity contribution is 5.82. The van der Waals surface area contributed by atoms with E-state index < -0.39 is 0 Å². The van der Waals surface area contributed by atoms with Crippen LogP contribution in [0.25, 0.3) is 0 Å². The quantitative estimate of drug-likeness (QED) is 0.719. The fraction of sp³-hybridized carbons (Fsp3) is 0.909. The van der Waals surface area contributed by atoms with Crippen LogP contribution in [0.3, 0.4) is 0 Å². The molecule has 86 valence electrons. The number of amides is 1. The summed E-state index contributed by atoms with van der Waals surface area (Å²) in [5.41, 5.74) is 0. The van der Waals surface area contributed by atoms with Crippen molar-refractivity contribution in [3.05, 3.63) is 0 Å². The van der Waals surface area contributed by atoms with E-state index in [0.29, 0.717) is 12.5 Å². The van der Waals surface area contributed by atoms with Gasteiger partial charge in [0.1, 0.15) is 0 Å². The molecule has 0 radical (unpaired) electrons. The molecular weight excluding hydrogens is 192 g/mol. The number of carbonyl (C=O) groups is 1. The molecule has 1 atom stereocenters. The lowest BCUT2D eigenvalue weighted by Gasteiger charge is -2.29. The highest BCUT2D eigenvalue weighted by atomic mass is 16.3. The Kier molecular flexibility index (Phi) is 3.26. The van der Waals surface area contributed by atoms with Crippen molar-refractivity contribution < 1.29 is 9.90 Å². The van der Waals surface area contributed by atoms with Crippen molar-refractivity contribution in [3.8, 4) is 0 Å². The van der Waals surface area contributed by atoms with Crippen molar-refractivity contribution in [2.45, 2.75) is 37.8 Å². The number of hydrogen-bond donors (Lipinski definition) is 1. The van der Waals surface area contributed by atoms with Crippen LogP contribution in [-0.2, 0) is 4.79 Å². The summed E-state index contributed by atoms with van der Waals surface area (Å²) in [5, 5.41) is 9.04. The Bertz CT molecular complexity index is 241. The van der Waals surface area contributed by atoms with E-state index in [2.05, 4.69) is 4.90 Å². The summed E-state index contributed by atoms with van der Waals surface area (Å²) in [4.78, 5) is 16.2. The Morgan fingerprint density at radius 2 is 2.13 bits per heavy atom. The number of aliphatic hydroxyl groups is 1. The molecule has 1 saturated heterocycles. The van der Waals surface area contributed by atoms with Crippen molar-refractivity contribution >= 4 is 5.91 Å². The Morgan fingerprint density at radius 3 is 2.73 bits per heavy atom. The van der Waals surface area contributed by atoms with E-state index in [1.54, 1.807) is 0 Å². The van der Waals surface area contributed by atoms with Crippen molar-refractivity contribution in [2.24, 2.45) is 0 Å². The molecule has 4 nitrogen and oxygen atoms in total. The maximum absolute atomic E-state index is 12.1. The average molecular weight is 212 g/mol. The summed E-state index contributed by atoms with van der Waals surface area (Å²) in [6.07, 6.45) is 4.08. The first kappa shape index (κ1) is 10.9. The summed E-state index contributed by atoms with van der Waals surface area (Å²) in [6, 6.07) is 0.534. The second-order valence-electron chi connectivity index (χ2n) is 4.61. The Labute approximate surface area is 90.9 Å². The van der Waals surface area contributed by atoms with E-state index in [0.717, 1.165) is 19.5 Å². The van der Waals surface area contributed by atoms with E-state index in [-0.39, 0.29) is 18.6 Å². The molecule has 1 aliphatic heterocycles. The minimum absolute atomic E-state index is 0.0741. The SMILES string of the molecule is CN1CCCN(C2CC2)C(CCO)C1=O. The lowest BCUT2D eigenvalue weighted by molar-refractivity contribution is -0.134. The first-order valence-corrected chi connectivity index (χ1v) is 5.85. The average Bonchev–Trinajstić information content (AvgIpc) is 3.03. The molecule has 2 fully saturated rings. The molecule has 1 N–H and O–H groups in total. The molecule has 1 heterocycles. The number of carbonyl (C=O) groups excluding carboxylic acids is 1. The van der Waals surface area contributed by atoms with Crippen LogP contribution in [0.4, 0.5) is 0 Å². The topological polar surface area (TPSA) is 43.8 Å². The normalized spacial score (nSPS) is 29.3. The van der Waals surface area contributed by atoms with Gasteiger partial charge >= 0.3 is 0 Å². The number of likely N-dealkylation sites (N-methyl/N-ethyl adjacent to an activating group) is 1. The molecule has 0 aromatic rings. The summed E-state index contributed by atoms with van der Waals surface area (Å²) in [6.45, 7) is 1.96. The molecule has 1 unspecified atom stereocenters. The van der Waals surface area contributed by atoms with E-state index in [4.69, 9.17) is 5.11 Å². The molecule has 4 heteroatoms. The van der Waals surface area contributed by atoms with E-state index in [9.17, 15) is 4.79 Å². The maximum Gasteiger partial charge on any atom is 0.239 e. The van der Waals surface area contributed by atoms with Crippen LogP contribution in [0.1, 0.15) is 25.7 Å². The zero-order valence-corrected chi connectivity index (χ0v) is 9.35. The highest BCUT2D eigenvalue weighted by Gasteiger charge is 2.39. The van der Waals surface area contributed by atoms with Crippen LogP contribution in [-0.4, -0.2) is 59.6 Å². The van der Waals surface area contributed by atoms with Crippen molar-refractivity contribution in [1.82, 2.24) is 9.80 Å². The number of nitrogens with zero attached hydrogens (tertiary/aromatic N) is 2. The van der Waals surface area contributed by atoms with Gasteiger partial charge in [-0.15, -0.1) is 0 Å². The summed E-state index contributed by atoms with van der Waals surface area (Å²) in [5.74, 6) is 0.188. The number of hydrogen-bond acceptors (Lipinski definition) is 3. The van der Waals surface area contributed by atoms with Crippen LogP contribution in [0.5, 0.6) is 0 Å². The number of aliphatic hydroxyl groups excluding tert-OH is 1. The van der Waals surface area contributed by atoms with E-state index >= 15 is 0 Å². The zero-order chi connectivity index (χ0) is 10.8. The second kappa shape index (κ2) is 4.49. The molecule has 0 spiro atoms. The second-order valence-corrected chi connectivity index (χ2v) is 4.61. The van der Waals surface area contributed by atoms with Gasteiger partial charge in [-0.1, -0.05) is 0 Å². The standard InChI is InChI=1S/C11H20N2O2/c1-12-6-2-7-13(9-3-4-9)10(5-8-14)11(12)15/h9-10,14H,2-8H2,1H3. The van der Waals surface area contributed by atoms with Gasteiger partial charge in [-0.3, -0.25) is 9.69 Å². The first-order chi connectivity index (χ1) is 7.24. The first-order valence-electron chi connectivity index (χ1n) is 5.85. The fourth-order valence-corrected chi connectivity index (χ4v) is 2.41. The predicted molar refractivity (Wildman–Crippen MR) is 57.5 cm³/mol. The van der Waals surface area contributed by atoms with Gasteiger partial charge < -0.3 is 10.0 Å². The molecule has 2 rings (SSSR count). The van der Waals surface area contributed by atoms with Crippen LogP contribution in [0.2, 0.25) is 0 Å². The highest BCUT2D eigenvalue weighted by Crippen LogP contribution is 2.31. The summed E-state index contributed by atoms with van der Waals surface area (Å²) in [7, 11) is 1.86. The van der Waals surface area contributed by atoms with Crippen molar-refractivity contribution in [2.75, 3.05) is 26.7 Å². The third kappa shape index (κ3) is 2.32. The van der Waals surface area contributed by atoms with Gasteiger partial charge in [-0.2, -0.15) is 0 Å². The van der Waals surface area contributed by atoms with E-state index in [1.165, 1.54) is 12.8 Å². The van der Waals surface area contributed by atoms with Crippen molar-refractivity contribution in [3.63, 3.8) is 0 Å². The van der Waals surface area contributed by atoms with Gasteiger partial charge in [0.25, 0.3) is 0 Å². The molecule has 0 aromatic heterocycles. The molecule has 1 saturated carbocycles. The fourth-order valence-electron chi connectivity index (χ4n) is 2.41. The van der Waals surface area contributed by atoms with Gasteiger partial charge in [0.05, 0.1) is 6.04 Å². The Hall–Kier alpha value is -0.610. The van der Waals surface area contributed by atoms with Crippen molar-refractivity contribution in [1.29, 1.82) is 0 Å². The summed E-state index contributed by atoms with van der Waals surface area (Å²) < 4.78 is 0. The third-order valence-electron chi connectivity index (χ3n) is 3.39. The molecule has 0 aromatic carbocycles. The zero-order valence-electron chi connectivity index (χ0n) is 9.35. The van der Waals surface area contributed by atoms with Gasteiger partial charge in [-0.05, 0) is 25.7 Å². The smallest absolute Gasteiger partial charge is 0.239 e. The molecule has 1 aliphatic carbocycles. The predicted octanol–water partition coefficient (Wildman–Crippen LogP) is 0.0639. The van der Waals surface area contributed by atoms with Crippen LogP contribution >= 0.6 is 0 Å². The maximum atomic E-state index is 12.1. The molecule has 15 heavy (non-hydrogen) atoms. The minimum Gasteiger partial charge on any atom is -0.396 e. The van der Waals surface area contributed by atoms with Gasteiger partial charge in [0, 0.05) is 32.8 Å². The van der Waals surface area contributed by atoms with Gasteiger partial charge in [0.2, 0.25) is 5.91 Å². The summed E-state index contributed by atoms with van der Waals surface area (Å²) >= 11 is 0. The Morgan fingerprint density at radius 1 is 1.40 bits per heavy atom. The third-order valence-corrected chi connectivity index (χ3v) is 3.39. The molecular formula is C11H20N2O2. The lowest BCUT2D eigenvalue weighted by atomic mass is 10.1. The van der Waals surface area contributed by atoms with Crippen LogP contribution in [0.15, 0.2) is 0 Å².